The Morgan fingerprint density at radius 1 is 1.33 bits per heavy atom. The molecular formula is C23H29N7O2S. The van der Waals surface area contributed by atoms with Crippen molar-refractivity contribution in [1.82, 2.24) is 14.8 Å². The van der Waals surface area contributed by atoms with Gasteiger partial charge in [0.15, 0.2) is 0 Å². The minimum Gasteiger partial charge on any atom is -0.461 e. The molecule has 33 heavy (non-hydrogen) atoms. The number of anilines is 2. The number of piperazine rings is 1. The van der Waals surface area contributed by atoms with E-state index in [2.05, 4.69) is 33.2 Å². The van der Waals surface area contributed by atoms with E-state index in [0.29, 0.717) is 39.5 Å². The lowest BCUT2D eigenvalue weighted by molar-refractivity contribution is 0.100. The van der Waals surface area contributed by atoms with E-state index in [-0.39, 0.29) is 10.6 Å². The van der Waals surface area contributed by atoms with Crippen LogP contribution >= 0.6 is 11.3 Å². The molecule has 1 aliphatic heterocycles. The number of carbonyl (C=O) groups is 1. The molecule has 0 saturated carbocycles. The number of amides is 1. The van der Waals surface area contributed by atoms with Crippen LogP contribution in [0.15, 0.2) is 10.5 Å². The summed E-state index contributed by atoms with van der Waals surface area (Å²) >= 11 is 1.13. The second-order valence-corrected chi connectivity index (χ2v) is 9.49. The predicted octanol–water partition coefficient (Wildman–Crippen LogP) is 2.78. The molecule has 5 N–H and O–H groups in total. The van der Waals surface area contributed by atoms with E-state index >= 15 is 0 Å². The molecule has 4 heterocycles. The Hall–Kier alpha value is -3.13. The summed E-state index contributed by atoms with van der Waals surface area (Å²) < 4.78 is 5.96. The van der Waals surface area contributed by atoms with Gasteiger partial charge < -0.3 is 31.0 Å². The van der Waals surface area contributed by atoms with Gasteiger partial charge in [0, 0.05) is 38.1 Å². The highest BCUT2D eigenvalue weighted by molar-refractivity contribution is 7.21. The van der Waals surface area contributed by atoms with Crippen LogP contribution in [-0.4, -0.2) is 67.0 Å². The first-order chi connectivity index (χ1) is 15.8. The average Bonchev–Trinajstić information content (AvgIpc) is 3.30. The van der Waals surface area contributed by atoms with Crippen molar-refractivity contribution in [3.63, 3.8) is 0 Å². The molecule has 1 saturated heterocycles. The smallest absolute Gasteiger partial charge is 0.260 e. The van der Waals surface area contributed by atoms with Gasteiger partial charge in [-0.05, 0) is 45.5 Å². The Balaban J connectivity index is 1.68. The van der Waals surface area contributed by atoms with Gasteiger partial charge in [-0.25, -0.2) is 4.98 Å². The topological polar surface area (TPSA) is 137 Å². The van der Waals surface area contributed by atoms with Crippen LogP contribution in [0.25, 0.3) is 21.5 Å². The zero-order chi connectivity index (χ0) is 23.7. The van der Waals surface area contributed by atoms with Crippen molar-refractivity contribution in [3.8, 4) is 17.4 Å². The number of carbonyl (C=O) groups excluding carboxylic acids is 1. The number of likely N-dealkylation sites (N-methyl/N-ethyl adjacent to an activating group) is 1. The highest BCUT2D eigenvalue weighted by atomic mass is 32.1. The van der Waals surface area contributed by atoms with Gasteiger partial charge in [0.2, 0.25) is 0 Å². The van der Waals surface area contributed by atoms with Crippen molar-refractivity contribution in [2.45, 2.75) is 20.3 Å². The summed E-state index contributed by atoms with van der Waals surface area (Å²) in [5, 5.41) is 13.9. The molecule has 0 atom stereocenters. The molecule has 4 rings (SSSR count). The molecule has 0 aromatic carbocycles. The number of thiophene rings is 1. The quantitative estimate of drug-likeness (QED) is 0.451. The van der Waals surface area contributed by atoms with Crippen LogP contribution < -0.4 is 16.8 Å². The van der Waals surface area contributed by atoms with Gasteiger partial charge >= 0.3 is 0 Å². The number of rotatable bonds is 7. The lowest BCUT2D eigenvalue weighted by Crippen LogP contribution is -2.44. The van der Waals surface area contributed by atoms with E-state index in [1.54, 1.807) is 0 Å². The molecule has 10 heteroatoms. The number of aromatic nitrogens is 1. The second kappa shape index (κ2) is 9.39. The molecule has 1 aliphatic rings. The third-order valence-corrected chi connectivity index (χ3v) is 7.28. The van der Waals surface area contributed by atoms with Crippen molar-refractivity contribution in [2.75, 3.05) is 57.4 Å². The Bertz CT molecular complexity index is 1210. The first-order valence-electron chi connectivity index (χ1n) is 11.0. The van der Waals surface area contributed by atoms with E-state index in [4.69, 9.17) is 15.9 Å². The monoisotopic (exact) mass is 467 g/mol. The van der Waals surface area contributed by atoms with Crippen LogP contribution in [-0.2, 0) is 0 Å². The van der Waals surface area contributed by atoms with Crippen molar-refractivity contribution in [3.05, 3.63) is 27.8 Å². The number of aryl methyl sites for hydroxylation is 2. The van der Waals surface area contributed by atoms with Crippen molar-refractivity contribution < 1.29 is 9.21 Å². The third-order valence-electron chi connectivity index (χ3n) is 6.16. The molecule has 3 aromatic heterocycles. The first kappa shape index (κ1) is 23.0. The minimum atomic E-state index is -0.617. The number of nitrogens with one attached hydrogen (secondary N) is 1. The maximum absolute atomic E-state index is 11.9. The predicted molar refractivity (Wildman–Crippen MR) is 131 cm³/mol. The summed E-state index contributed by atoms with van der Waals surface area (Å²) in [6, 6.07) is 4.15. The second-order valence-electron chi connectivity index (χ2n) is 8.49. The average molecular weight is 468 g/mol. The fourth-order valence-electron chi connectivity index (χ4n) is 4.10. The SMILES string of the molecule is Cc1cc(-c2c(C#N)c(NCCCN3CCN(C)CC3)nc3sc(C(N)=O)c(N)c23)oc1C. The van der Waals surface area contributed by atoms with Crippen molar-refractivity contribution in [2.24, 2.45) is 5.73 Å². The van der Waals surface area contributed by atoms with Crippen molar-refractivity contribution in [1.29, 1.82) is 5.26 Å². The number of furan rings is 1. The van der Waals surface area contributed by atoms with Gasteiger partial charge in [0.1, 0.15) is 38.7 Å². The van der Waals surface area contributed by atoms with Crippen LogP contribution in [0.4, 0.5) is 11.5 Å². The van der Waals surface area contributed by atoms with E-state index in [1.807, 2.05) is 19.9 Å². The normalized spacial score (nSPS) is 15.1. The molecule has 1 fully saturated rings. The van der Waals surface area contributed by atoms with Crippen LogP contribution in [0.3, 0.4) is 0 Å². The number of nitriles is 1. The summed E-state index contributed by atoms with van der Waals surface area (Å²) in [7, 11) is 2.14. The number of nitrogen functional groups attached to an aromatic ring is 1. The number of nitrogens with two attached hydrogens (primary N) is 2. The summed E-state index contributed by atoms with van der Waals surface area (Å²) in [4.78, 5) is 22.1. The molecular weight excluding hydrogens is 438 g/mol. The van der Waals surface area contributed by atoms with Crippen LogP contribution in [0.2, 0.25) is 0 Å². The zero-order valence-electron chi connectivity index (χ0n) is 19.2. The largest absolute Gasteiger partial charge is 0.461 e. The summed E-state index contributed by atoms with van der Waals surface area (Å²) in [5.41, 5.74) is 13.9. The van der Waals surface area contributed by atoms with Gasteiger partial charge in [-0.2, -0.15) is 5.26 Å². The van der Waals surface area contributed by atoms with Gasteiger partial charge in [0.25, 0.3) is 5.91 Å². The molecule has 0 radical (unpaired) electrons. The van der Waals surface area contributed by atoms with Crippen LogP contribution in [0.1, 0.15) is 33.0 Å². The molecule has 1 amide bonds. The number of fused-ring (bicyclic) bond motifs is 1. The molecule has 174 valence electrons. The summed E-state index contributed by atoms with van der Waals surface area (Å²) in [6.45, 7) is 9.74. The van der Waals surface area contributed by atoms with Crippen LogP contribution in [0, 0.1) is 25.2 Å². The lowest BCUT2D eigenvalue weighted by atomic mass is 10.0. The van der Waals surface area contributed by atoms with Gasteiger partial charge in [-0.3, -0.25) is 4.79 Å². The Kier molecular flexibility index (Phi) is 6.56. The molecule has 3 aromatic rings. The highest BCUT2D eigenvalue weighted by Gasteiger charge is 2.26. The summed E-state index contributed by atoms with van der Waals surface area (Å²) in [5.74, 6) is 1.12. The fraction of sp³-hybridized carbons (Fsp3) is 0.435. The van der Waals surface area contributed by atoms with E-state index < -0.39 is 5.91 Å². The Morgan fingerprint density at radius 3 is 2.67 bits per heavy atom. The number of nitrogens with zero attached hydrogens (tertiary/aromatic N) is 4. The fourth-order valence-corrected chi connectivity index (χ4v) is 5.05. The number of primary amides is 1. The zero-order valence-corrected chi connectivity index (χ0v) is 20.0. The standard InChI is InChI=1S/C23H29N7O2S/c1-13-11-16(32-14(13)2)17-15(12-24)22(27-5-4-6-30-9-7-29(3)8-10-30)28-23-18(17)19(25)20(33-23)21(26)31/h11H,4-10,25H2,1-3H3,(H2,26,31)(H,27,28). The number of hydrogen-bond acceptors (Lipinski definition) is 9. The third kappa shape index (κ3) is 4.53. The maximum Gasteiger partial charge on any atom is 0.260 e. The molecule has 0 spiro atoms. The maximum atomic E-state index is 11.9. The van der Waals surface area contributed by atoms with Gasteiger partial charge in [0.05, 0.1) is 11.3 Å². The highest BCUT2D eigenvalue weighted by Crippen LogP contribution is 2.43. The van der Waals surface area contributed by atoms with E-state index in [9.17, 15) is 10.1 Å². The van der Waals surface area contributed by atoms with Gasteiger partial charge in [-0.15, -0.1) is 11.3 Å². The summed E-state index contributed by atoms with van der Waals surface area (Å²) in [6.07, 6.45) is 0.918. The van der Waals surface area contributed by atoms with Gasteiger partial charge in [-0.1, -0.05) is 0 Å². The molecule has 0 aliphatic carbocycles. The Morgan fingerprint density at radius 2 is 2.06 bits per heavy atom. The molecule has 0 unspecified atom stereocenters. The van der Waals surface area contributed by atoms with Crippen molar-refractivity contribution >= 4 is 39.0 Å². The lowest BCUT2D eigenvalue weighted by Gasteiger charge is -2.32. The van der Waals surface area contributed by atoms with E-state index in [0.717, 1.165) is 61.8 Å². The Labute approximate surface area is 197 Å². The molecule has 0 bridgehead atoms. The minimum absolute atomic E-state index is 0.231. The number of pyridine rings is 1. The first-order valence-corrected chi connectivity index (χ1v) is 11.8. The molecule has 9 nitrogen and oxygen atoms in total. The van der Waals surface area contributed by atoms with E-state index in [1.165, 1.54) is 0 Å². The number of hydrogen-bond donors (Lipinski definition) is 3. The van der Waals surface area contributed by atoms with Crippen LogP contribution in [0.5, 0.6) is 0 Å².